The number of hydrogen-bond donors (Lipinski definition) is 0. The van der Waals surface area contributed by atoms with Gasteiger partial charge in [0.2, 0.25) is 0 Å². The highest BCUT2D eigenvalue weighted by molar-refractivity contribution is 8.00. The van der Waals surface area contributed by atoms with Gasteiger partial charge in [0, 0.05) is 24.5 Å². The molecule has 1 aromatic carbocycles. The predicted octanol–water partition coefficient (Wildman–Crippen LogP) is 4.21. The summed E-state index contributed by atoms with van der Waals surface area (Å²) in [6.45, 7) is 4.39. The maximum atomic E-state index is 13.0. The van der Waals surface area contributed by atoms with Crippen LogP contribution >= 0.6 is 35.0 Å². The van der Waals surface area contributed by atoms with Gasteiger partial charge in [-0.25, -0.2) is 13.4 Å². The molecule has 9 heteroatoms. The first kappa shape index (κ1) is 18.1. The van der Waals surface area contributed by atoms with Gasteiger partial charge in [0.1, 0.15) is 0 Å². The summed E-state index contributed by atoms with van der Waals surface area (Å²) in [6.07, 6.45) is 3.13. The first-order chi connectivity index (χ1) is 11.3. The Bertz CT molecular complexity index is 852. The molecule has 1 aliphatic heterocycles. The van der Waals surface area contributed by atoms with Crippen LogP contribution in [0.1, 0.15) is 30.8 Å². The zero-order chi connectivity index (χ0) is 17.5. The topological polar surface area (TPSA) is 55.2 Å². The Labute approximate surface area is 156 Å². The zero-order valence-corrected chi connectivity index (χ0v) is 16.3. The Kier molecular flexibility index (Phi) is 5.18. The zero-order valence-electron chi connectivity index (χ0n) is 13.2. The average Bonchev–Trinajstić information content (AvgIpc) is 3.19. The van der Waals surface area contributed by atoms with Crippen molar-refractivity contribution in [3.05, 3.63) is 46.3 Å². The van der Waals surface area contributed by atoms with E-state index in [1.807, 2.05) is 19.9 Å². The van der Waals surface area contributed by atoms with Crippen LogP contribution in [-0.2, 0) is 10.0 Å². The van der Waals surface area contributed by atoms with Crippen LogP contribution in [0.2, 0.25) is 10.0 Å². The third-order valence-corrected chi connectivity index (χ3v) is 7.71. The second-order valence-electron chi connectivity index (χ2n) is 5.77. The lowest BCUT2D eigenvalue weighted by Crippen LogP contribution is -2.30. The van der Waals surface area contributed by atoms with E-state index >= 15 is 0 Å². The van der Waals surface area contributed by atoms with Crippen LogP contribution < -0.4 is 0 Å². The number of imidazole rings is 1. The maximum absolute atomic E-state index is 13.0. The predicted molar refractivity (Wildman–Crippen MR) is 98.2 cm³/mol. The minimum absolute atomic E-state index is 0.0729. The van der Waals surface area contributed by atoms with Crippen molar-refractivity contribution in [1.82, 2.24) is 13.9 Å². The summed E-state index contributed by atoms with van der Waals surface area (Å²) in [5.74, 6) is 0.717. The molecular formula is C15H17Cl2N3O2S2. The monoisotopic (exact) mass is 405 g/mol. The summed E-state index contributed by atoms with van der Waals surface area (Å²) in [7, 11) is -3.67. The van der Waals surface area contributed by atoms with Crippen molar-refractivity contribution in [1.29, 1.82) is 0 Å². The number of halogens is 2. The second-order valence-corrected chi connectivity index (χ2v) is 9.61. The molecule has 2 aromatic rings. The highest BCUT2D eigenvalue weighted by Gasteiger charge is 2.38. The lowest BCUT2D eigenvalue weighted by molar-refractivity contribution is 0.432. The van der Waals surface area contributed by atoms with Crippen LogP contribution in [0.15, 0.2) is 35.7 Å². The van der Waals surface area contributed by atoms with Crippen molar-refractivity contribution < 1.29 is 8.42 Å². The Hall–Kier alpha value is -0.730. The highest BCUT2D eigenvalue weighted by Crippen LogP contribution is 2.42. The van der Waals surface area contributed by atoms with E-state index in [1.165, 1.54) is 4.31 Å². The molecule has 0 radical (unpaired) electrons. The molecule has 0 aliphatic carbocycles. The molecule has 0 bridgehead atoms. The first-order valence-electron chi connectivity index (χ1n) is 7.42. The van der Waals surface area contributed by atoms with Crippen molar-refractivity contribution in [2.24, 2.45) is 0 Å². The van der Waals surface area contributed by atoms with Gasteiger partial charge in [0.15, 0.2) is 5.03 Å². The van der Waals surface area contributed by atoms with E-state index in [0.29, 0.717) is 16.6 Å². The van der Waals surface area contributed by atoms with Crippen molar-refractivity contribution >= 4 is 45.0 Å². The van der Waals surface area contributed by atoms with Gasteiger partial charge >= 0.3 is 0 Å². The molecule has 2 heterocycles. The fourth-order valence-corrected chi connectivity index (χ4v) is 5.94. The van der Waals surface area contributed by atoms with Crippen molar-refractivity contribution in [2.45, 2.75) is 30.3 Å². The number of sulfonamides is 1. The summed E-state index contributed by atoms with van der Waals surface area (Å²) in [5, 5.41) is 0.620. The fraction of sp³-hybridized carbons (Fsp3) is 0.400. The number of benzene rings is 1. The van der Waals surface area contributed by atoms with Crippen LogP contribution in [0.25, 0.3) is 0 Å². The molecule has 0 amide bonds. The maximum Gasteiger partial charge on any atom is 0.263 e. The largest absolute Gasteiger partial charge is 0.334 e. The number of nitrogens with zero attached hydrogens (tertiary/aromatic N) is 3. The Morgan fingerprint density at radius 2 is 2.04 bits per heavy atom. The first-order valence-corrected chi connectivity index (χ1v) is 10.7. The molecular weight excluding hydrogens is 389 g/mol. The molecule has 5 nitrogen and oxygen atoms in total. The van der Waals surface area contributed by atoms with Gasteiger partial charge in [-0.05, 0) is 31.5 Å². The van der Waals surface area contributed by atoms with Gasteiger partial charge < -0.3 is 4.57 Å². The summed E-state index contributed by atoms with van der Waals surface area (Å²) < 4.78 is 29.2. The van der Waals surface area contributed by atoms with E-state index in [1.54, 1.807) is 41.0 Å². The van der Waals surface area contributed by atoms with E-state index in [0.717, 1.165) is 11.3 Å². The molecule has 130 valence electrons. The molecule has 1 saturated heterocycles. The van der Waals surface area contributed by atoms with Crippen molar-refractivity contribution in [2.75, 3.05) is 12.3 Å². The number of rotatable bonds is 4. The molecule has 1 fully saturated rings. The Morgan fingerprint density at radius 3 is 2.67 bits per heavy atom. The van der Waals surface area contributed by atoms with E-state index < -0.39 is 10.0 Å². The summed E-state index contributed by atoms with van der Waals surface area (Å²) >= 11 is 13.6. The van der Waals surface area contributed by atoms with E-state index in [4.69, 9.17) is 23.2 Å². The molecule has 0 spiro atoms. The minimum Gasteiger partial charge on any atom is -0.334 e. The normalized spacial score (nSPS) is 19.3. The average molecular weight is 406 g/mol. The van der Waals surface area contributed by atoms with Crippen molar-refractivity contribution in [3.63, 3.8) is 0 Å². The Balaban J connectivity index is 1.95. The molecule has 3 rings (SSSR count). The van der Waals surface area contributed by atoms with Gasteiger partial charge in [-0.2, -0.15) is 4.31 Å². The number of aromatic nitrogens is 2. The quantitative estimate of drug-likeness (QED) is 0.764. The van der Waals surface area contributed by atoms with Gasteiger partial charge in [-0.15, -0.1) is 11.8 Å². The summed E-state index contributed by atoms with van der Waals surface area (Å²) in [4.78, 5) is 4.09. The van der Waals surface area contributed by atoms with Crippen LogP contribution in [0.4, 0.5) is 0 Å². The third kappa shape index (κ3) is 3.32. The minimum atomic E-state index is -3.67. The third-order valence-electron chi connectivity index (χ3n) is 3.82. The molecule has 0 unspecified atom stereocenters. The molecule has 1 atom stereocenters. The lowest BCUT2D eigenvalue weighted by atomic mass is 10.2. The highest BCUT2D eigenvalue weighted by atomic mass is 35.5. The second kappa shape index (κ2) is 6.88. The van der Waals surface area contributed by atoms with Crippen LogP contribution in [-0.4, -0.2) is 34.6 Å². The van der Waals surface area contributed by atoms with E-state index in [2.05, 4.69) is 4.98 Å². The molecule has 24 heavy (non-hydrogen) atoms. The van der Waals surface area contributed by atoms with Gasteiger partial charge in [0.05, 0.1) is 21.7 Å². The smallest absolute Gasteiger partial charge is 0.263 e. The van der Waals surface area contributed by atoms with Crippen molar-refractivity contribution in [3.8, 4) is 0 Å². The number of thioether (sulfide) groups is 1. The van der Waals surface area contributed by atoms with Gasteiger partial charge in [-0.3, -0.25) is 0 Å². The van der Waals surface area contributed by atoms with E-state index in [9.17, 15) is 8.42 Å². The molecule has 0 N–H and O–H groups in total. The lowest BCUT2D eigenvalue weighted by Gasteiger charge is -2.22. The SMILES string of the molecule is CC(C)n1cnc(S(=O)(=O)N2CCS[C@@H]2c2ccc(Cl)c(Cl)c2)c1. The van der Waals surface area contributed by atoms with Crippen LogP contribution in [0.5, 0.6) is 0 Å². The fourth-order valence-electron chi connectivity index (χ4n) is 2.48. The van der Waals surface area contributed by atoms with Gasteiger partial charge in [-0.1, -0.05) is 29.3 Å². The van der Waals surface area contributed by atoms with Gasteiger partial charge in [0.25, 0.3) is 10.0 Å². The molecule has 1 aliphatic rings. The standard InChI is InChI=1S/C15H17Cl2N3O2S2/c1-10(2)19-8-14(18-9-19)24(21,22)20-5-6-23-15(20)11-3-4-12(16)13(17)7-11/h3-4,7-10,15H,5-6H2,1-2H3/t15-/m1/s1. The van der Waals surface area contributed by atoms with Crippen LogP contribution in [0, 0.1) is 0 Å². The number of hydrogen-bond acceptors (Lipinski definition) is 4. The molecule has 1 aromatic heterocycles. The summed E-state index contributed by atoms with van der Waals surface area (Å²) in [6, 6.07) is 5.38. The van der Waals surface area contributed by atoms with E-state index in [-0.39, 0.29) is 16.4 Å². The Morgan fingerprint density at radius 1 is 1.29 bits per heavy atom. The van der Waals surface area contributed by atoms with Crippen LogP contribution in [0.3, 0.4) is 0 Å². The summed E-state index contributed by atoms with van der Waals surface area (Å²) in [5.41, 5.74) is 0.818. The molecule has 0 saturated carbocycles.